The van der Waals surface area contributed by atoms with Gasteiger partial charge >= 0.3 is 12.1 Å². The maximum absolute atomic E-state index is 13.8. The lowest BCUT2D eigenvalue weighted by Gasteiger charge is -2.12. The van der Waals surface area contributed by atoms with Crippen molar-refractivity contribution in [3.05, 3.63) is 95.4 Å². The van der Waals surface area contributed by atoms with Gasteiger partial charge < -0.3 is 9.84 Å². The highest BCUT2D eigenvalue weighted by Crippen LogP contribution is 2.48. The molecule has 3 aromatic carbocycles. The number of carboxylic acids is 1. The number of anilines is 1. The van der Waals surface area contributed by atoms with Gasteiger partial charge in [0.15, 0.2) is 5.82 Å². The van der Waals surface area contributed by atoms with Crippen LogP contribution in [0.3, 0.4) is 0 Å². The second kappa shape index (κ2) is 9.26. The minimum atomic E-state index is -0.775. The molecule has 1 heterocycles. The molecule has 5 rings (SSSR count). The van der Waals surface area contributed by atoms with E-state index in [1.807, 2.05) is 48.5 Å². The number of carbonyl (C=O) groups is 2. The number of ether oxygens (including phenoxy) is 1. The quantitative estimate of drug-likeness (QED) is 0.370. The highest BCUT2D eigenvalue weighted by molar-refractivity contribution is 5.85. The molecular formula is C27H23FN4O4. The highest BCUT2D eigenvalue weighted by Gasteiger charge is 2.51. The Morgan fingerprint density at radius 3 is 2.28 bits per heavy atom. The summed E-state index contributed by atoms with van der Waals surface area (Å²) in [6, 6.07) is 21.2. The second-order valence-corrected chi connectivity index (χ2v) is 8.74. The molecule has 1 fully saturated rings. The molecule has 0 aliphatic heterocycles. The number of benzene rings is 3. The minimum Gasteiger partial charge on any atom is -0.481 e. The largest absolute Gasteiger partial charge is 0.481 e. The van der Waals surface area contributed by atoms with E-state index in [-0.39, 0.29) is 12.2 Å². The molecule has 0 unspecified atom stereocenters. The van der Waals surface area contributed by atoms with Crippen LogP contribution < -0.4 is 5.32 Å². The molecule has 0 radical (unpaired) electrons. The van der Waals surface area contributed by atoms with Gasteiger partial charge in [0.2, 0.25) is 0 Å². The number of amides is 1. The normalized spacial score (nSPS) is 13.7. The van der Waals surface area contributed by atoms with Crippen LogP contribution in [0.25, 0.3) is 16.8 Å². The molecule has 182 valence electrons. The SMILES string of the molecule is Cc1nnn(-c2ccc(-c3ccc(C4(C(=O)O)CC4)cc3)cc2)c1NC(=O)OCc1ccccc1F. The van der Waals surface area contributed by atoms with Gasteiger partial charge in [-0.3, -0.25) is 10.1 Å². The van der Waals surface area contributed by atoms with Crippen LogP contribution in [0.4, 0.5) is 15.0 Å². The number of nitrogens with zero attached hydrogens (tertiary/aromatic N) is 3. The Balaban J connectivity index is 1.29. The Labute approximate surface area is 206 Å². The Bertz CT molecular complexity index is 1430. The third kappa shape index (κ3) is 4.43. The predicted molar refractivity (Wildman–Crippen MR) is 130 cm³/mol. The van der Waals surface area contributed by atoms with Crippen molar-refractivity contribution in [2.75, 3.05) is 5.32 Å². The van der Waals surface area contributed by atoms with E-state index in [0.717, 1.165) is 16.7 Å². The Morgan fingerprint density at radius 2 is 1.67 bits per heavy atom. The molecule has 0 spiro atoms. The summed E-state index contributed by atoms with van der Waals surface area (Å²) in [5, 5.41) is 20.3. The van der Waals surface area contributed by atoms with Crippen molar-refractivity contribution in [3.63, 3.8) is 0 Å². The van der Waals surface area contributed by atoms with Crippen molar-refractivity contribution < 1.29 is 23.8 Å². The minimum absolute atomic E-state index is 0.208. The van der Waals surface area contributed by atoms with Crippen LogP contribution >= 0.6 is 0 Å². The zero-order valence-electron chi connectivity index (χ0n) is 19.4. The molecule has 1 amide bonds. The smallest absolute Gasteiger partial charge is 0.413 e. The summed E-state index contributed by atoms with van der Waals surface area (Å²) < 4.78 is 20.4. The van der Waals surface area contributed by atoms with E-state index >= 15 is 0 Å². The summed E-state index contributed by atoms with van der Waals surface area (Å²) in [7, 11) is 0. The lowest BCUT2D eigenvalue weighted by molar-refractivity contribution is -0.140. The first-order valence-electron chi connectivity index (χ1n) is 11.4. The van der Waals surface area contributed by atoms with Gasteiger partial charge in [0.05, 0.1) is 11.1 Å². The molecule has 2 N–H and O–H groups in total. The molecule has 4 aromatic rings. The average molecular weight is 487 g/mol. The van der Waals surface area contributed by atoms with Gasteiger partial charge in [-0.15, -0.1) is 5.10 Å². The molecule has 9 heteroatoms. The molecule has 0 bridgehead atoms. The molecule has 1 aliphatic carbocycles. The van der Waals surface area contributed by atoms with Crippen molar-refractivity contribution in [1.29, 1.82) is 0 Å². The van der Waals surface area contributed by atoms with Gasteiger partial charge in [0.25, 0.3) is 0 Å². The third-order valence-electron chi connectivity index (χ3n) is 6.42. The topological polar surface area (TPSA) is 106 Å². The monoisotopic (exact) mass is 486 g/mol. The first-order chi connectivity index (χ1) is 17.4. The second-order valence-electron chi connectivity index (χ2n) is 8.74. The van der Waals surface area contributed by atoms with Crippen molar-refractivity contribution >= 4 is 17.9 Å². The fourth-order valence-electron chi connectivity index (χ4n) is 4.10. The Kier molecular flexibility index (Phi) is 5.97. The van der Waals surface area contributed by atoms with Crippen LogP contribution in [0.1, 0.15) is 29.7 Å². The Morgan fingerprint density at radius 1 is 1.03 bits per heavy atom. The maximum atomic E-state index is 13.8. The van der Waals surface area contributed by atoms with Crippen molar-refractivity contribution in [3.8, 4) is 16.8 Å². The summed E-state index contributed by atoms with van der Waals surface area (Å²) in [6.07, 6.45) is 0.582. The van der Waals surface area contributed by atoms with Crippen molar-refractivity contribution in [2.24, 2.45) is 0 Å². The number of halogens is 1. The van der Waals surface area contributed by atoms with Crippen LogP contribution in [-0.4, -0.2) is 32.2 Å². The zero-order valence-corrected chi connectivity index (χ0v) is 19.4. The van der Waals surface area contributed by atoms with E-state index in [1.54, 1.807) is 25.1 Å². The number of aryl methyl sites for hydroxylation is 1. The summed E-state index contributed by atoms with van der Waals surface area (Å²) in [5.41, 5.74) is 3.43. The van der Waals surface area contributed by atoms with Gasteiger partial charge in [-0.05, 0) is 54.7 Å². The van der Waals surface area contributed by atoms with Crippen molar-refractivity contribution in [2.45, 2.75) is 31.8 Å². The van der Waals surface area contributed by atoms with Gasteiger partial charge in [-0.1, -0.05) is 59.8 Å². The lowest BCUT2D eigenvalue weighted by atomic mass is 9.94. The van der Waals surface area contributed by atoms with Gasteiger partial charge in [-0.25, -0.2) is 9.18 Å². The van der Waals surface area contributed by atoms with Crippen LogP contribution in [0.15, 0.2) is 72.8 Å². The van der Waals surface area contributed by atoms with E-state index < -0.39 is 23.3 Å². The standard InChI is InChI=1S/C27H23FN4O4/c1-17-24(29-26(35)36-16-20-4-2-3-5-23(20)28)32(31-30-17)22-12-8-19(9-13-22)18-6-10-21(11-7-18)27(14-15-27)25(33)34/h2-13H,14-16H2,1H3,(H,29,35)(H,33,34). The summed E-state index contributed by atoms with van der Waals surface area (Å²) >= 11 is 0. The molecule has 1 saturated carbocycles. The van der Waals surface area contributed by atoms with Gasteiger partial charge in [0, 0.05) is 5.56 Å². The summed E-state index contributed by atoms with van der Waals surface area (Å²) in [4.78, 5) is 23.9. The molecule has 0 atom stereocenters. The third-order valence-corrected chi connectivity index (χ3v) is 6.42. The number of rotatable bonds is 7. The predicted octanol–water partition coefficient (Wildman–Crippen LogP) is 5.25. The van der Waals surface area contributed by atoms with E-state index in [2.05, 4.69) is 15.6 Å². The van der Waals surface area contributed by atoms with Crippen LogP contribution in [0.5, 0.6) is 0 Å². The summed E-state index contributed by atoms with van der Waals surface area (Å²) in [5.74, 6) is -0.880. The number of hydrogen-bond acceptors (Lipinski definition) is 5. The fraction of sp³-hybridized carbons (Fsp3) is 0.185. The number of aromatic nitrogens is 3. The van der Waals surface area contributed by atoms with E-state index in [1.165, 1.54) is 10.7 Å². The lowest BCUT2D eigenvalue weighted by Crippen LogP contribution is -2.19. The van der Waals surface area contributed by atoms with Gasteiger partial charge in [0.1, 0.15) is 18.1 Å². The molecular weight excluding hydrogens is 463 g/mol. The number of nitrogens with one attached hydrogen (secondary N) is 1. The van der Waals surface area contributed by atoms with Crippen LogP contribution in [0, 0.1) is 12.7 Å². The number of aliphatic carboxylic acids is 1. The van der Waals surface area contributed by atoms with Crippen LogP contribution in [-0.2, 0) is 21.6 Å². The molecule has 8 nitrogen and oxygen atoms in total. The Hall–Kier alpha value is -4.53. The van der Waals surface area contributed by atoms with Crippen LogP contribution in [0.2, 0.25) is 0 Å². The van der Waals surface area contributed by atoms with E-state index in [9.17, 15) is 19.1 Å². The molecule has 0 saturated heterocycles. The molecule has 1 aromatic heterocycles. The molecule has 1 aliphatic rings. The fourth-order valence-corrected chi connectivity index (χ4v) is 4.10. The number of hydrogen-bond donors (Lipinski definition) is 2. The molecule has 36 heavy (non-hydrogen) atoms. The number of carbonyl (C=O) groups excluding carboxylic acids is 1. The summed E-state index contributed by atoms with van der Waals surface area (Å²) in [6.45, 7) is 1.50. The van der Waals surface area contributed by atoms with E-state index in [0.29, 0.717) is 30.0 Å². The maximum Gasteiger partial charge on any atom is 0.413 e. The van der Waals surface area contributed by atoms with Crippen molar-refractivity contribution in [1.82, 2.24) is 15.0 Å². The van der Waals surface area contributed by atoms with E-state index in [4.69, 9.17) is 4.74 Å². The zero-order chi connectivity index (χ0) is 25.3. The first kappa shape index (κ1) is 23.2. The van der Waals surface area contributed by atoms with Gasteiger partial charge in [-0.2, -0.15) is 4.68 Å². The highest BCUT2D eigenvalue weighted by atomic mass is 19.1. The first-order valence-corrected chi connectivity index (χ1v) is 11.4. The average Bonchev–Trinajstić information content (AvgIpc) is 3.63. The number of carboxylic acid groups (broad SMARTS) is 1.